The molecule has 11 rings (SSSR count). The van der Waals surface area contributed by atoms with Crippen LogP contribution in [-0.4, -0.2) is 4.98 Å². The molecule has 57 heavy (non-hydrogen) atoms. The SMILES string of the molecule is c1ccc(-c2nc3ccc(-c4c5ccccc5cc5oc6c(-c7ccc(-c8ccc(N(c9ccccc9)c9ccccc9)cc8)cc7)cccc6c45)cc3o2)cc1. The van der Waals surface area contributed by atoms with Gasteiger partial charge in [0.2, 0.25) is 5.89 Å². The summed E-state index contributed by atoms with van der Waals surface area (Å²) in [6.45, 7) is 0. The average molecular weight is 731 g/mol. The molecule has 0 N–H and O–H groups in total. The molecule has 0 aliphatic carbocycles. The van der Waals surface area contributed by atoms with Gasteiger partial charge in [-0.1, -0.05) is 140 Å². The zero-order valence-electron chi connectivity index (χ0n) is 30.8. The van der Waals surface area contributed by atoms with Gasteiger partial charge in [-0.2, -0.15) is 0 Å². The lowest BCUT2D eigenvalue weighted by molar-refractivity contribution is 0.620. The van der Waals surface area contributed by atoms with Gasteiger partial charge in [0.25, 0.3) is 0 Å². The highest BCUT2D eigenvalue weighted by molar-refractivity contribution is 6.22. The first-order valence-electron chi connectivity index (χ1n) is 19.2. The Labute approximate surface area is 329 Å². The number of aromatic nitrogens is 1. The van der Waals surface area contributed by atoms with E-state index in [1.165, 1.54) is 0 Å². The van der Waals surface area contributed by atoms with Crippen LogP contribution in [0.1, 0.15) is 0 Å². The fourth-order valence-electron chi connectivity index (χ4n) is 8.18. The van der Waals surface area contributed by atoms with Gasteiger partial charge < -0.3 is 13.7 Å². The quantitative estimate of drug-likeness (QED) is 0.164. The Balaban J connectivity index is 0.975. The van der Waals surface area contributed by atoms with Gasteiger partial charge in [-0.3, -0.25) is 0 Å². The van der Waals surface area contributed by atoms with E-state index in [9.17, 15) is 0 Å². The summed E-state index contributed by atoms with van der Waals surface area (Å²) in [4.78, 5) is 7.08. The molecule has 0 saturated heterocycles. The summed E-state index contributed by atoms with van der Waals surface area (Å²) in [5.74, 6) is 0.616. The van der Waals surface area contributed by atoms with Gasteiger partial charge in [0.15, 0.2) is 5.58 Å². The summed E-state index contributed by atoms with van der Waals surface area (Å²) in [7, 11) is 0. The Morgan fingerprint density at radius 3 is 1.68 bits per heavy atom. The van der Waals surface area contributed by atoms with E-state index in [1.807, 2.05) is 30.3 Å². The van der Waals surface area contributed by atoms with Gasteiger partial charge >= 0.3 is 0 Å². The van der Waals surface area contributed by atoms with Crippen LogP contribution >= 0.6 is 0 Å². The van der Waals surface area contributed by atoms with E-state index in [4.69, 9.17) is 13.8 Å². The molecule has 4 heteroatoms. The molecule has 0 aliphatic heterocycles. The first-order chi connectivity index (χ1) is 28.2. The third-order valence-corrected chi connectivity index (χ3v) is 10.9. The van der Waals surface area contributed by atoms with Gasteiger partial charge in [0.05, 0.1) is 0 Å². The van der Waals surface area contributed by atoms with Crippen LogP contribution in [0.5, 0.6) is 0 Å². The van der Waals surface area contributed by atoms with Crippen molar-refractivity contribution in [2.24, 2.45) is 0 Å². The molecule has 0 aliphatic rings. The van der Waals surface area contributed by atoms with Crippen LogP contribution in [-0.2, 0) is 0 Å². The summed E-state index contributed by atoms with van der Waals surface area (Å²) >= 11 is 0. The first kappa shape index (κ1) is 32.7. The molecule has 4 nitrogen and oxygen atoms in total. The zero-order valence-corrected chi connectivity index (χ0v) is 30.8. The van der Waals surface area contributed by atoms with Crippen LogP contribution in [0.4, 0.5) is 17.1 Å². The lowest BCUT2D eigenvalue weighted by Gasteiger charge is -2.25. The lowest BCUT2D eigenvalue weighted by Crippen LogP contribution is -2.09. The zero-order chi connectivity index (χ0) is 37.7. The highest BCUT2D eigenvalue weighted by Crippen LogP contribution is 2.45. The van der Waals surface area contributed by atoms with Crippen molar-refractivity contribution in [3.05, 3.63) is 206 Å². The molecule has 0 spiro atoms. The van der Waals surface area contributed by atoms with Crippen molar-refractivity contribution in [2.45, 2.75) is 0 Å². The predicted octanol–water partition coefficient (Wildman–Crippen LogP) is 15.0. The molecule has 2 aromatic heterocycles. The van der Waals surface area contributed by atoms with E-state index in [0.717, 1.165) is 99.8 Å². The molecule has 0 amide bonds. The molecule has 9 aromatic carbocycles. The van der Waals surface area contributed by atoms with Crippen molar-refractivity contribution in [1.29, 1.82) is 0 Å². The van der Waals surface area contributed by atoms with E-state index in [1.54, 1.807) is 0 Å². The van der Waals surface area contributed by atoms with Crippen molar-refractivity contribution in [1.82, 2.24) is 4.98 Å². The fraction of sp³-hybridized carbons (Fsp3) is 0. The minimum atomic E-state index is 0.616. The van der Waals surface area contributed by atoms with E-state index in [0.29, 0.717) is 5.89 Å². The first-order valence-corrected chi connectivity index (χ1v) is 19.2. The van der Waals surface area contributed by atoms with Gasteiger partial charge in [-0.25, -0.2) is 4.98 Å². The molecule has 2 heterocycles. The molecular weight excluding hydrogens is 697 g/mol. The van der Waals surface area contributed by atoms with E-state index in [-0.39, 0.29) is 0 Å². The Bertz CT molecular complexity index is 3160. The fourth-order valence-corrected chi connectivity index (χ4v) is 8.18. The number of hydrogen-bond donors (Lipinski definition) is 0. The topological polar surface area (TPSA) is 42.4 Å². The Morgan fingerprint density at radius 2 is 0.965 bits per heavy atom. The maximum Gasteiger partial charge on any atom is 0.227 e. The second kappa shape index (κ2) is 13.6. The number of para-hydroxylation sites is 3. The van der Waals surface area contributed by atoms with Crippen molar-refractivity contribution in [3.63, 3.8) is 0 Å². The number of rotatable bonds is 7. The maximum atomic E-state index is 6.84. The van der Waals surface area contributed by atoms with Gasteiger partial charge in [0, 0.05) is 44.5 Å². The van der Waals surface area contributed by atoms with Crippen LogP contribution in [0.3, 0.4) is 0 Å². The number of hydrogen-bond acceptors (Lipinski definition) is 4. The smallest absolute Gasteiger partial charge is 0.227 e. The number of furan rings is 1. The van der Waals surface area contributed by atoms with Crippen molar-refractivity contribution in [2.75, 3.05) is 4.90 Å². The number of nitrogens with zero attached hydrogens (tertiary/aromatic N) is 2. The summed E-state index contributed by atoms with van der Waals surface area (Å²) < 4.78 is 13.2. The van der Waals surface area contributed by atoms with E-state index in [2.05, 4.69) is 181 Å². The third-order valence-electron chi connectivity index (χ3n) is 10.9. The third kappa shape index (κ3) is 5.74. The van der Waals surface area contributed by atoms with Crippen LogP contribution in [0, 0.1) is 0 Å². The molecule has 268 valence electrons. The van der Waals surface area contributed by atoms with Crippen LogP contribution < -0.4 is 4.90 Å². The van der Waals surface area contributed by atoms with Gasteiger partial charge in [-0.05, 0) is 99.8 Å². The summed E-state index contributed by atoms with van der Waals surface area (Å²) in [5, 5.41) is 4.44. The minimum Gasteiger partial charge on any atom is -0.455 e. The summed E-state index contributed by atoms with van der Waals surface area (Å²) in [6, 6.07) is 72.1. The largest absolute Gasteiger partial charge is 0.455 e. The summed E-state index contributed by atoms with van der Waals surface area (Å²) in [5.41, 5.74) is 14.2. The van der Waals surface area contributed by atoms with Crippen LogP contribution in [0.25, 0.3) is 88.6 Å². The van der Waals surface area contributed by atoms with E-state index >= 15 is 0 Å². The molecule has 0 unspecified atom stereocenters. The minimum absolute atomic E-state index is 0.616. The Morgan fingerprint density at radius 1 is 0.386 bits per heavy atom. The van der Waals surface area contributed by atoms with Crippen LogP contribution in [0.15, 0.2) is 215 Å². The Hall–Kier alpha value is -7.69. The molecule has 0 radical (unpaired) electrons. The highest BCUT2D eigenvalue weighted by atomic mass is 16.3. The van der Waals surface area contributed by atoms with Crippen molar-refractivity contribution >= 4 is 60.9 Å². The second-order valence-corrected chi connectivity index (χ2v) is 14.3. The number of benzene rings is 9. The molecule has 0 saturated carbocycles. The van der Waals surface area contributed by atoms with Gasteiger partial charge in [0.1, 0.15) is 16.7 Å². The standard InChI is InChI=1S/C53H34N2O2/c1-4-13-38(14-5-1)53-54-47-32-29-40(34-48(47)57-53)50-44-20-11-10-15-39(44)33-49-51(50)46-22-12-21-45(52(46)56-49)37-25-23-35(24-26-37)36-27-30-43(31-28-36)55(41-16-6-2-7-17-41)42-18-8-3-9-19-42/h1-34H. The summed E-state index contributed by atoms with van der Waals surface area (Å²) in [6.07, 6.45) is 0. The maximum absolute atomic E-state index is 6.84. The lowest BCUT2D eigenvalue weighted by atomic mass is 9.92. The normalized spacial score (nSPS) is 11.5. The molecular formula is C53H34N2O2. The number of fused-ring (bicyclic) bond motifs is 5. The molecule has 11 aromatic rings. The molecule has 0 bridgehead atoms. The van der Waals surface area contributed by atoms with Crippen LogP contribution in [0.2, 0.25) is 0 Å². The Kier molecular flexibility index (Phi) is 7.78. The number of anilines is 3. The number of oxazole rings is 1. The highest BCUT2D eigenvalue weighted by Gasteiger charge is 2.20. The molecule has 0 fully saturated rings. The van der Waals surface area contributed by atoms with Gasteiger partial charge in [-0.15, -0.1) is 0 Å². The van der Waals surface area contributed by atoms with E-state index < -0.39 is 0 Å². The van der Waals surface area contributed by atoms with Crippen molar-refractivity contribution < 1.29 is 8.83 Å². The van der Waals surface area contributed by atoms with Crippen molar-refractivity contribution in [3.8, 4) is 44.8 Å². The molecule has 0 atom stereocenters. The monoisotopic (exact) mass is 730 g/mol. The predicted molar refractivity (Wildman–Crippen MR) is 235 cm³/mol. The second-order valence-electron chi connectivity index (χ2n) is 14.3. The average Bonchev–Trinajstić information content (AvgIpc) is 3.88.